The molecule has 0 aromatic heterocycles. The summed E-state index contributed by atoms with van der Waals surface area (Å²) in [6.07, 6.45) is 1.67. The molecule has 0 radical (unpaired) electrons. The number of thiocarbonyl (C=S) groups is 1. The van der Waals surface area contributed by atoms with Gasteiger partial charge in [-0.2, -0.15) is 0 Å². The molecule has 1 aromatic carbocycles. The summed E-state index contributed by atoms with van der Waals surface area (Å²) in [6.45, 7) is 6.02. The van der Waals surface area contributed by atoms with E-state index in [9.17, 15) is 4.79 Å². The minimum Gasteiger partial charge on any atom is -0.359 e. The van der Waals surface area contributed by atoms with Gasteiger partial charge in [0.15, 0.2) is 5.11 Å². The van der Waals surface area contributed by atoms with Crippen molar-refractivity contribution in [2.45, 2.75) is 6.92 Å². The highest BCUT2D eigenvalue weighted by Crippen LogP contribution is 2.03. The van der Waals surface area contributed by atoms with Crippen molar-refractivity contribution in [2.75, 3.05) is 6.54 Å². The normalized spacial score (nSPS) is 9.31. The molecule has 4 heteroatoms. The Hall–Kier alpha value is -1.68. The summed E-state index contributed by atoms with van der Waals surface area (Å²) in [7, 11) is 0. The minimum absolute atomic E-state index is 0.203. The topological polar surface area (TPSA) is 41.1 Å². The van der Waals surface area contributed by atoms with Crippen LogP contribution in [0.5, 0.6) is 0 Å². The fourth-order valence-corrected chi connectivity index (χ4v) is 1.35. The molecule has 0 atom stereocenters. The van der Waals surface area contributed by atoms with E-state index >= 15 is 0 Å². The second-order valence-electron chi connectivity index (χ2n) is 3.32. The van der Waals surface area contributed by atoms with Crippen molar-refractivity contribution in [1.29, 1.82) is 0 Å². The first kappa shape index (κ1) is 12.4. The highest BCUT2D eigenvalue weighted by molar-refractivity contribution is 7.80. The molecular weight excluding hydrogens is 220 g/mol. The number of carbonyl (C=O) groups excluding carboxylic acids is 1. The maximum Gasteiger partial charge on any atom is 0.257 e. The van der Waals surface area contributed by atoms with E-state index in [4.69, 9.17) is 12.2 Å². The van der Waals surface area contributed by atoms with Gasteiger partial charge in [-0.15, -0.1) is 6.58 Å². The number of rotatable bonds is 3. The van der Waals surface area contributed by atoms with Crippen LogP contribution in [0.15, 0.2) is 36.9 Å². The van der Waals surface area contributed by atoms with Gasteiger partial charge < -0.3 is 5.32 Å². The molecule has 0 spiro atoms. The number of carbonyl (C=O) groups is 1. The van der Waals surface area contributed by atoms with Gasteiger partial charge >= 0.3 is 0 Å². The van der Waals surface area contributed by atoms with E-state index in [1.165, 1.54) is 0 Å². The average Bonchev–Trinajstić information content (AvgIpc) is 2.26. The fraction of sp³-hybridized carbons (Fsp3) is 0.167. The van der Waals surface area contributed by atoms with Crippen LogP contribution in [0, 0.1) is 6.92 Å². The van der Waals surface area contributed by atoms with Crippen LogP contribution in [0.3, 0.4) is 0 Å². The standard InChI is InChI=1S/C12H14N2OS/c1-3-7-13-12(16)14-11(15)10-6-4-5-9(2)8-10/h3-6,8H,1,7H2,2H3,(H2,13,14,15,16). The van der Waals surface area contributed by atoms with Crippen molar-refractivity contribution < 1.29 is 4.79 Å². The second kappa shape index (κ2) is 6.02. The molecule has 0 heterocycles. The Morgan fingerprint density at radius 1 is 1.56 bits per heavy atom. The zero-order valence-electron chi connectivity index (χ0n) is 9.12. The lowest BCUT2D eigenvalue weighted by molar-refractivity contribution is 0.0976. The SMILES string of the molecule is C=CCNC(=S)NC(=O)c1cccc(C)c1. The summed E-state index contributed by atoms with van der Waals surface area (Å²) >= 11 is 4.94. The van der Waals surface area contributed by atoms with E-state index in [-0.39, 0.29) is 5.91 Å². The van der Waals surface area contributed by atoms with Crippen LogP contribution in [-0.2, 0) is 0 Å². The zero-order valence-corrected chi connectivity index (χ0v) is 9.93. The lowest BCUT2D eigenvalue weighted by atomic mass is 10.1. The molecule has 0 saturated carbocycles. The third-order valence-corrected chi connectivity index (χ3v) is 2.16. The molecule has 1 rings (SSSR count). The Bertz CT molecular complexity index is 415. The van der Waals surface area contributed by atoms with Crippen molar-refractivity contribution in [3.63, 3.8) is 0 Å². The van der Waals surface area contributed by atoms with Crippen molar-refractivity contribution in [1.82, 2.24) is 10.6 Å². The molecular formula is C12H14N2OS. The lowest BCUT2D eigenvalue weighted by Gasteiger charge is -2.07. The first-order valence-electron chi connectivity index (χ1n) is 4.90. The van der Waals surface area contributed by atoms with Gasteiger partial charge in [0.1, 0.15) is 0 Å². The molecule has 0 fully saturated rings. The fourth-order valence-electron chi connectivity index (χ4n) is 1.17. The van der Waals surface area contributed by atoms with E-state index in [1.807, 2.05) is 25.1 Å². The molecule has 1 amide bonds. The van der Waals surface area contributed by atoms with Crippen LogP contribution in [0.2, 0.25) is 0 Å². The van der Waals surface area contributed by atoms with E-state index in [0.29, 0.717) is 17.2 Å². The largest absolute Gasteiger partial charge is 0.359 e. The number of amides is 1. The molecule has 2 N–H and O–H groups in total. The molecule has 0 bridgehead atoms. The Morgan fingerprint density at radius 2 is 2.31 bits per heavy atom. The van der Waals surface area contributed by atoms with Crippen LogP contribution in [-0.4, -0.2) is 17.6 Å². The first-order valence-corrected chi connectivity index (χ1v) is 5.31. The molecule has 0 aliphatic heterocycles. The van der Waals surface area contributed by atoms with Gasteiger partial charge in [-0.05, 0) is 31.3 Å². The summed E-state index contributed by atoms with van der Waals surface area (Å²) in [5.74, 6) is -0.203. The van der Waals surface area contributed by atoms with Crippen molar-refractivity contribution in [3.8, 4) is 0 Å². The van der Waals surface area contributed by atoms with Gasteiger partial charge in [-0.25, -0.2) is 0 Å². The van der Waals surface area contributed by atoms with Crippen LogP contribution < -0.4 is 10.6 Å². The summed E-state index contributed by atoms with van der Waals surface area (Å²) in [5, 5.41) is 5.73. The average molecular weight is 234 g/mol. The van der Waals surface area contributed by atoms with Gasteiger partial charge in [0.2, 0.25) is 0 Å². The summed E-state index contributed by atoms with van der Waals surface area (Å²) < 4.78 is 0. The van der Waals surface area contributed by atoms with Crippen molar-refractivity contribution in [3.05, 3.63) is 48.0 Å². The summed E-state index contributed by atoms with van der Waals surface area (Å²) in [4.78, 5) is 11.7. The number of nitrogens with one attached hydrogen (secondary N) is 2. The first-order chi connectivity index (χ1) is 7.63. The summed E-state index contributed by atoms with van der Waals surface area (Å²) in [6, 6.07) is 7.33. The van der Waals surface area contributed by atoms with Crippen molar-refractivity contribution >= 4 is 23.2 Å². The molecule has 84 valence electrons. The number of hydrogen-bond donors (Lipinski definition) is 2. The third-order valence-electron chi connectivity index (χ3n) is 1.91. The molecule has 0 aliphatic carbocycles. The molecule has 0 unspecified atom stereocenters. The monoisotopic (exact) mass is 234 g/mol. The predicted octanol–water partition coefficient (Wildman–Crippen LogP) is 1.79. The lowest BCUT2D eigenvalue weighted by Crippen LogP contribution is -2.39. The number of benzene rings is 1. The number of hydrogen-bond acceptors (Lipinski definition) is 2. The molecule has 0 saturated heterocycles. The van der Waals surface area contributed by atoms with Gasteiger partial charge in [0.05, 0.1) is 0 Å². The predicted molar refractivity (Wildman–Crippen MR) is 69.4 cm³/mol. The van der Waals surface area contributed by atoms with E-state index in [1.54, 1.807) is 12.1 Å². The minimum atomic E-state index is -0.203. The molecule has 3 nitrogen and oxygen atoms in total. The third kappa shape index (κ3) is 3.82. The molecule has 1 aromatic rings. The maximum absolute atomic E-state index is 11.7. The Balaban J connectivity index is 2.58. The number of aryl methyl sites for hydroxylation is 1. The van der Waals surface area contributed by atoms with Gasteiger partial charge in [0.25, 0.3) is 5.91 Å². The van der Waals surface area contributed by atoms with Crippen molar-refractivity contribution in [2.24, 2.45) is 0 Å². The maximum atomic E-state index is 11.7. The Morgan fingerprint density at radius 3 is 2.94 bits per heavy atom. The molecule has 16 heavy (non-hydrogen) atoms. The van der Waals surface area contributed by atoms with Crippen LogP contribution in [0.1, 0.15) is 15.9 Å². The van der Waals surface area contributed by atoms with Crippen LogP contribution >= 0.6 is 12.2 Å². The van der Waals surface area contributed by atoms with Gasteiger partial charge in [-0.3, -0.25) is 10.1 Å². The van der Waals surface area contributed by atoms with E-state index in [2.05, 4.69) is 17.2 Å². The van der Waals surface area contributed by atoms with E-state index in [0.717, 1.165) is 5.56 Å². The van der Waals surface area contributed by atoms with Crippen LogP contribution in [0.25, 0.3) is 0 Å². The molecule has 0 aliphatic rings. The van der Waals surface area contributed by atoms with Gasteiger partial charge in [0, 0.05) is 12.1 Å². The Kier molecular flexibility index (Phi) is 4.66. The second-order valence-corrected chi connectivity index (χ2v) is 3.73. The smallest absolute Gasteiger partial charge is 0.257 e. The van der Waals surface area contributed by atoms with E-state index < -0.39 is 0 Å². The quantitative estimate of drug-likeness (QED) is 0.619. The van der Waals surface area contributed by atoms with Crippen LogP contribution in [0.4, 0.5) is 0 Å². The van der Waals surface area contributed by atoms with Gasteiger partial charge in [-0.1, -0.05) is 23.8 Å². The Labute approximate surface area is 101 Å². The highest BCUT2D eigenvalue weighted by atomic mass is 32.1. The summed E-state index contributed by atoms with van der Waals surface area (Å²) in [5.41, 5.74) is 1.64. The zero-order chi connectivity index (χ0) is 12.0. The highest BCUT2D eigenvalue weighted by Gasteiger charge is 2.06.